The number of hydrogen-bond acceptors (Lipinski definition) is 4. The van der Waals surface area contributed by atoms with Gasteiger partial charge in [-0.15, -0.1) is 0 Å². The van der Waals surface area contributed by atoms with Gasteiger partial charge in [0, 0.05) is 20.3 Å². The predicted molar refractivity (Wildman–Crippen MR) is 83.8 cm³/mol. The van der Waals surface area contributed by atoms with Crippen molar-refractivity contribution < 1.29 is 8.42 Å². The average molecular weight is 323 g/mol. The summed E-state index contributed by atoms with van der Waals surface area (Å²) in [5, 5.41) is 0. The van der Waals surface area contributed by atoms with Crippen LogP contribution in [0.25, 0.3) is 0 Å². The first-order chi connectivity index (χ1) is 10.1. The van der Waals surface area contributed by atoms with Crippen LogP contribution in [0.3, 0.4) is 0 Å². The Kier molecular flexibility index (Phi) is 3.97. The van der Waals surface area contributed by atoms with E-state index >= 15 is 0 Å². The van der Waals surface area contributed by atoms with Gasteiger partial charge in [0.25, 0.3) is 15.6 Å². The van der Waals surface area contributed by atoms with E-state index in [0.717, 1.165) is 26.2 Å². The average Bonchev–Trinajstić information content (AvgIpc) is 2.40. The molecular weight excluding hydrogens is 306 g/mol. The first-order valence-corrected chi connectivity index (χ1v) is 7.94. The molecule has 1 heterocycles. The van der Waals surface area contributed by atoms with Gasteiger partial charge in [0.2, 0.25) is 0 Å². The maximum atomic E-state index is 12.6. The highest BCUT2D eigenvalue weighted by Gasteiger charge is 2.25. The molecule has 0 bridgehead atoms. The van der Waals surface area contributed by atoms with Gasteiger partial charge in [0.05, 0.1) is 5.69 Å². The quantitative estimate of drug-likeness (QED) is 0.891. The molecule has 0 saturated heterocycles. The lowest BCUT2D eigenvalue weighted by Crippen LogP contribution is -2.36. The van der Waals surface area contributed by atoms with Crippen molar-refractivity contribution in [1.82, 2.24) is 9.55 Å². The summed E-state index contributed by atoms with van der Waals surface area (Å²) in [4.78, 5) is 24.7. The lowest BCUT2D eigenvalue weighted by Gasteiger charge is -2.20. The Balaban J connectivity index is 2.62. The van der Waals surface area contributed by atoms with Crippen molar-refractivity contribution in [2.24, 2.45) is 7.05 Å². The molecule has 0 amide bonds. The van der Waals surface area contributed by atoms with E-state index in [1.165, 1.54) is 14.1 Å². The van der Waals surface area contributed by atoms with Gasteiger partial charge in [-0.25, -0.2) is 13.2 Å². The Hall–Kier alpha value is -2.35. The summed E-state index contributed by atoms with van der Waals surface area (Å²) in [6.45, 7) is 3.71. The molecule has 0 aliphatic rings. The molecule has 0 saturated carbocycles. The fourth-order valence-corrected chi connectivity index (χ4v) is 3.40. The van der Waals surface area contributed by atoms with E-state index in [-0.39, 0.29) is 0 Å². The molecule has 1 aromatic carbocycles. The lowest BCUT2D eigenvalue weighted by atomic mass is 10.1. The molecule has 0 aliphatic carbocycles. The number of nitrogens with zero attached hydrogens (tertiary/aromatic N) is 2. The number of hydrogen-bond donors (Lipinski definition) is 1. The summed E-state index contributed by atoms with van der Waals surface area (Å²) >= 11 is 0. The topological polar surface area (TPSA) is 92.2 Å². The van der Waals surface area contributed by atoms with Crippen LogP contribution in [-0.4, -0.2) is 25.0 Å². The second-order valence-electron chi connectivity index (χ2n) is 5.18. The van der Waals surface area contributed by atoms with Gasteiger partial charge in [-0.1, -0.05) is 6.07 Å². The lowest BCUT2D eigenvalue weighted by molar-refractivity contribution is 0.590. The molecule has 0 fully saturated rings. The third-order valence-electron chi connectivity index (χ3n) is 3.28. The zero-order valence-electron chi connectivity index (χ0n) is 12.7. The van der Waals surface area contributed by atoms with Crippen LogP contribution in [0.4, 0.5) is 5.69 Å². The molecular formula is C14H17N3O4S. The number of aryl methyl sites for hydroxylation is 3. The van der Waals surface area contributed by atoms with Crippen LogP contribution < -0.4 is 15.6 Å². The molecule has 1 N–H and O–H groups in total. The van der Waals surface area contributed by atoms with Crippen LogP contribution in [0.2, 0.25) is 0 Å². The number of rotatable bonds is 3. The van der Waals surface area contributed by atoms with E-state index in [1.807, 2.05) is 24.9 Å². The highest BCUT2D eigenvalue weighted by molar-refractivity contribution is 7.92. The van der Waals surface area contributed by atoms with Crippen molar-refractivity contribution in [1.29, 1.82) is 0 Å². The largest absolute Gasteiger partial charge is 0.328 e. The molecule has 0 radical (unpaired) electrons. The van der Waals surface area contributed by atoms with Crippen LogP contribution in [0.5, 0.6) is 0 Å². The van der Waals surface area contributed by atoms with Gasteiger partial charge in [-0.3, -0.25) is 14.1 Å². The van der Waals surface area contributed by atoms with E-state index in [4.69, 9.17) is 0 Å². The Bertz CT molecular complexity index is 921. The van der Waals surface area contributed by atoms with Crippen LogP contribution >= 0.6 is 0 Å². The van der Waals surface area contributed by atoms with Crippen LogP contribution in [0.15, 0.2) is 38.9 Å². The molecule has 22 heavy (non-hydrogen) atoms. The molecule has 118 valence electrons. The standard InChI is InChI=1S/C14H17N3O4S/c1-9-5-10(2)7-11(6-9)17(4)22(20,21)12-8-16(3)14(19)15-13(12)18/h5-8H,1-4H3,(H,15,18,19). The minimum Gasteiger partial charge on any atom is -0.302 e. The Morgan fingerprint density at radius 1 is 1.09 bits per heavy atom. The van der Waals surface area contributed by atoms with Crippen molar-refractivity contribution >= 4 is 15.7 Å². The summed E-state index contributed by atoms with van der Waals surface area (Å²) in [6, 6.07) is 5.34. The monoisotopic (exact) mass is 323 g/mol. The molecule has 8 heteroatoms. The van der Waals surface area contributed by atoms with E-state index in [1.54, 1.807) is 12.1 Å². The first-order valence-electron chi connectivity index (χ1n) is 6.50. The Labute approximate surface area is 127 Å². The van der Waals surface area contributed by atoms with Crippen LogP contribution in [0.1, 0.15) is 11.1 Å². The SMILES string of the molecule is Cc1cc(C)cc(N(C)S(=O)(=O)c2cn(C)c(=O)[nH]c2=O)c1. The van der Waals surface area contributed by atoms with Crippen molar-refractivity contribution in [3.8, 4) is 0 Å². The summed E-state index contributed by atoms with van der Waals surface area (Å²) in [7, 11) is -1.33. The van der Waals surface area contributed by atoms with Gasteiger partial charge < -0.3 is 4.57 Å². The maximum absolute atomic E-state index is 12.6. The van der Waals surface area contributed by atoms with Crippen LogP contribution in [-0.2, 0) is 17.1 Å². The summed E-state index contributed by atoms with van der Waals surface area (Å²) in [6.07, 6.45) is 1.02. The van der Waals surface area contributed by atoms with Gasteiger partial charge in [0.1, 0.15) is 0 Å². The number of nitrogens with one attached hydrogen (secondary N) is 1. The zero-order valence-corrected chi connectivity index (χ0v) is 13.6. The molecule has 0 spiro atoms. The van der Waals surface area contributed by atoms with E-state index in [9.17, 15) is 18.0 Å². The smallest absolute Gasteiger partial charge is 0.302 e. The second-order valence-corrected chi connectivity index (χ2v) is 7.12. The van der Waals surface area contributed by atoms with E-state index in [2.05, 4.69) is 0 Å². The number of sulfonamides is 1. The first kappa shape index (κ1) is 16.0. The van der Waals surface area contributed by atoms with Crippen LogP contribution in [0, 0.1) is 13.8 Å². The fourth-order valence-electron chi connectivity index (χ4n) is 2.14. The number of anilines is 1. The molecule has 1 aromatic heterocycles. The number of aromatic nitrogens is 2. The molecule has 0 aliphatic heterocycles. The Morgan fingerprint density at radius 2 is 1.64 bits per heavy atom. The van der Waals surface area contributed by atoms with Gasteiger partial charge in [-0.05, 0) is 37.1 Å². The van der Waals surface area contributed by atoms with Gasteiger partial charge in [0.15, 0.2) is 4.90 Å². The molecule has 7 nitrogen and oxygen atoms in total. The minimum absolute atomic E-state index is 0.450. The van der Waals surface area contributed by atoms with E-state index < -0.39 is 26.2 Å². The normalized spacial score (nSPS) is 11.5. The summed E-state index contributed by atoms with van der Waals surface area (Å²) in [5.41, 5.74) is 0.668. The number of H-pyrrole nitrogens is 1. The van der Waals surface area contributed by atoms with Gasteiger partial charge >= 0.3 is 5.69 Å². The second kappa shape index (κ2) is 5.45. The maximum Gasteiger partial charge on any atom is 0.328 e. The summed E-state index contributed by atoms with van der Waals surface area (Å²) < 4.78 is 27.3. The van der Waals surface area contributed by atoms with Crippen molar-refractivity contribution in [3.05, 3.63) is 56.4 Å². The highest BCUT2D eigenvalue weighted by Crippen LogP contribution is 2.22. The van der Waals surface area contributed by atoms with E-state index in [0.29, 0.717) is 5.69 Å². The third kappa shape index (κ3) is 2.82. The minimum atomic E-state index is -4.07. The van der Waals surface area contributed by atoms with Gasteiger partial charge in [-0.2, -0.15) is 0 Å². The fraction of sp³-hybridized carbons (Fsp3) is 0.286. The molecule has 2 rings (SSSR count). The van der Waals surface area contributed by atoms with Crippen molar-refractivity contribution in [2.75, 3.05) is 11.4 Å². The third-order valence-corrected chi connectivity index (χ3v) is 5.06. The van der Waals surface area contributed by atoms with Crippen molar-refractivity contribution in [2.45, 2.75) is 18.7 Å². The number of benzene rings is 1. The molecule has 0 unspecified atom stereocenters. The zero-order chi connectivity index (χ0) is 16.7. The highest BCUT2D eigenvalue weighted by atomic mass is 32.2. The predicted octanol–water partition coefficient (Wildman–Crippen LogP) is 0.516. The molecule has 2 aromatic rings. The Morgan fingerprint density at radius 3 is 2.18 bits per heavy atom. The van der Waals surface area contributed by atoms with Crippen molar-refractivity contribution in [3.63, 3.8) is 0 Å². The number of aromatic amines is 1. The molecule has 0 atom stereocenters. The summed E-state index contributed by atoms with van der Waals surface area (Å²) in [5.74, 6) is 0.